The van der Waals surface area contributed by atoms with Crippen LogP contribution in [0.4, 0.5) is 24.5 Å². The van der Waals surface area contributed by atoms with Gasteiger partial charge >= 0.3 is 18.1 Å². The zero-order chi connectivity index (χ0) is 51.1. The standard InChI is InChI=1S/C53H36F3N11O6/c1-52(53(54,55)56,24-12-16-34(48(68)58-3)38(20-24)50(70)71)25-13-17-35(39(21-25)51(72)73)49(69)59-27-15-19-33-37(23-27)47-65-44(33)63-42-29-9-5-4-8-28(29)40(61-42)60-41-30-10-6-7-11-31(30)43(62-41)64-46-36-22-26(57-2)14-18-32(36)45(66-46)67-47/h4-23,42,57H,1-3H3,(H,58,68)(H,59,69)(H,70,71)(H,72,73)(H,60,61,62,63,64,65,66,67). The molecule has 0 fully saturated rings. The number of benzene rings is 6. The third-order valence-corrected chi connectivity index (χ3v) is 13.2. The van der Waals surface area contributed by atoms with E-state index < -0.39 is 69.3 Å². The van der Waals surface area contributed by atoms with Gasteiger partial charge in [0.15, 0.2) is 35.3 Å². The molecular formula is C53H36F3N11O6. The SMILES string of the molecule is CNC(=O)c1ccc(C(C)(c2ccc(C(=O)Nc3ccc4c(c3)C3=NC4=NC4N=C(N=C5N=C(N=c6[nH]c(c7ccc(NC)cc67)=N3)c3ccccc35)c3ccccc34)c(C(=O)O)c2)C(F)(F)F)cc1C(=O)O. The van der Waals surface area contributed by atoms with E-state index in [4.69, 9.17) is 34.9 Å². The van der Waals surface area contributed by atoms with Crippen molar-refractivity contribution < 1.29 is 42.6 Å². The van der Waals surface area contributed by atoms with E-state index >= 15 is 13.2 Å². The number of amides is 2. The second-order valence-corrected chi connectivity index (χ2v) is 17.3. The number of aromatic nitrogens is 1. The molecule has 20 heteroatoms. The molecule has 0 radical (unpaired) electrons. The highest BCUT2D eigenvalue weighted by atomic mass is 19.4. The second-order valence-electron chi connectivity index (χ2n) is 17.3. The summed E-state index contributed by atoms with van der Waals surface area (Å²) in [4.78, 5) is 89.7. The molecule has 11 rings (SSSR count). The Balaban J connectivity index is 1.02. The quantitative estimate of drug-likeness (QED) is 0.0912. The minimum atomic E-state index is -5.13. The third kappa shape index (κ3) is 7.54. The van der Waals surface area contributed by atoms with Crippen LogP contribution in [0.2, 0.25) is 0 Å². The Morgan fingerprint density at radius 3 is 1.66 bits per heavy atom. The highest BCUT2D eigenvalue weighted by Gasteiger charge is 2.54. The molecule has 7 aromatic rings. The number of anilines is 2. The van der Waals surface area contributed by atoms with Crippen LogP contribution in [0, 0.1) is 0 Å². The maximum atomic E-state index is 15.3. The smallest absolute Gasteiger partial charge is 0.402 e. The Morgan fingerprint density at radius 1 is 0.534 bits per heavy atom. The van der Waals surface area contributed by atoms with Crippen LogP contribution in [0.1, 0.15) is 99.0 Å². The summed E-state index contributed by atoms with van der Waals surface area (Å²) in [6, 6.07) is 30.9. The molecule has 6 aromatic carbocycles. The van der Waals surface area contributed by atoms with E-state index in [1.54, 1.807) is 25.2 Å². The molecule has 2 amide bonds. The van der Waals surface area contributed by atoms with Crippen molar-refractivity contribution in [3.63, 3.8) is 0 Å². The minimum absolute atomic E-state index is 0.150. The summed E-state index contributed by atoms with van der Waals surface area (Å²) in [5.41, 5.74) is -0.768. The Hall–Kier alpha value is -9.72. The number of nitrogens with zero attached hydrogens (tertiary/aromatic N) is 7. The van der Waals surface area contributed by atoms with Crippen LogP contribution in [0.15, 0.2) is 156 Å². The molecule has 0 aliphatic carbocycles. The number of nitrogens with one attached hydrogen (secondary N) is 4. The van der Waals surface area contributed by atoms with Crippen molar-refractivity contribution in [2.45, 2.75) is 24.7 Å². The fraction of sp³-hybridized carbons (Fsp3) is 0.113. The average Bonchev–Trinajstić information content (AvgIpc) is 4.12. The van der Waals surface area contributed by atoms with E-state index in [0.717, 1.165) is 71.3 Å². The van der Waals surface area contributed by atoms with Gasteiger partial charge in [-0.25, -0.2) is 44.5 Å². The van der Waals surface area contributed by atoms with Gasteiger partial charge in [-0.1, -0.05) is 60.7 Å². The maximum absolute atomic E-state index is 15.3. The van der Waals surface area contributed by atoms with Crippen molar-refractivity contribution in [2.24, 2.45) is 34.9 Å². The van der Waals surface area contributed by atoms with E-state index in [2.05, 4.69) is 20.9 Å². The van der Waals surface area contributed by atoms with Crippen molar-refractivity contribution in [1.29, 1.82) is 0 Å². The van der Waals surface area contributed by atoms with Crippen LogP contribution in [-0.4, -0.2) is 88.4 Å². The molecular weight excluding hydrogens is 944 g/mol. The molecule has 0 saturated carbocycles. The summed E-state index contributed by atoms with van der Waals surface area (Å²) in [6.45, 7) is 0.755. The first-order chi connectivity index (χ1) is 35.0. The number of hydrogen-bond acceptors (Lipinski definition) is 12. The van der Waals surface area contributed by atoms with Crippen molar-refractivity contribution in [1.82, 2.24) is 10.3 Å². The van der Waals surface area contributed by atoms with E-state index in [1.807, 2.05) is 66.7 Å². The number of amidine groups is 5. The van der Waals surface area contributed by atoms with Crippen molar-refractivity contribution in [2.75, 3.05) is 24.7 Å². The van der Waals surface area contributed by atoms with Crippen molar-refractivity contribution in [3.05, 3.63) is 199 Å². The lowest BCUT2D eigenvalue weighted by molar-refractivity contribution is -0.173. The Kier molecular flexibility index (Phi) is 10.6. The Labute approximate surface area is 410 Å². The number of carboxylic acids is 2. The molecule has 8 bridgehead atoms. The van der Waals surface area contributed by atoms with E-state index in [9.17, 15) is 29.4 Å². The number of aromatic carboxylic acids is 2. The number of hydrogen-bond donors (Lipinski definition) is 6. The fourth-order valence-electron chi connectivity index (χ4n) is 9.28. The lowest BCUT2D eigenvalue weighted by Crippen LogP contribution is -2.41. The highest BCUT2D eigenvalue weighted by molar-refractivity contribution is 6.26. The molecule has 360 valence electrons. The number of carboxylic acid groups (broad SMARTS) is 2. The van der Waals surface area contributed by atoms with Gasteiger partial charge in [-0.15, -0.1) is 0 Å². The fourth-order valence-corrected chi connectivity index (χ4v) is 9.28. The lowest BCUT2D eigenvalue weighted by atomic mass is 9.74. The number of aliphatic imine (C=N–C) groups is 5. The number of alkyl halides is 3. The van der Waals surface area contributed by atoms with Gasteiger partial charge in [-0.2, -0.15) is 13.2 Å². The number of fused-ring (bicyclic) bond motifs is 17. The van der Waals surface area contributed by atoms with Gasteiger partial charge in [-0.3, -0.25) is 9.59 Å². The summed E-state index contributed by atoms with van der Waals surface area (Å²) in [5.74, 6) is -3.49. The third-order valence-electron chi connectivity index (χ3n) is 13.2. The summed E-state index contributed by atoms with van der Waals surface area (Å²) < 4.78 is 45.8. The summed E-state index contributed by atoms with van der Waals surface area (Å²) >= 11 is 0. The first kappa shape index (κ1) is 45.7. The molecule has 17 nitrogen and oxygen atoms in total. The molecule has 2 atom stereocenters. The predicted octanol–water partition coefficient (Wildman–Crippen LogP) is 7.21. The molecule has 1 aromatic heterocycles. The average molecular weight is 980 g/mol. The highest BCUT2D eigenvalue weighted by Crippen LogP contribution is 2.47. The molecule has 2 unspecified atom stereocenters. The second kappa shape index (κ2) is 17.0. The molecule has 4 aliphatic heterocycles. The van der Waals surface area contributed by atoms with Crippen LogP contribution in [0.25, 0.3) is 10.8 Å². The largest absolute Gasteiger partial charge is 0.478 e. The predicted molar refractivity (Wildman–Crippen MR) is 266 cm³/mol. The Bertz CT molecular complexity index is 3950. The first-order valence-corrected chi connectivity index (χ1v) is 22.4. The van der Waals surface area contributed by atoms with E-state index in [1.165, 1.54) is 7.05 Å². The van der Waals surface area contributed by atoms with Crippen LogP contribution in [0.3, 0.4) is 0 Å². The number of carbonyl (C=O) groups is 4. The number of aromatic amines is 1. The number of rotatable bonds is 8. The van der Waals surface area contributed by atoms with E-state index in [0.29, 0.717) is 50.4 Å². The van der Waals surface area contributed by atoms with Crippen molar-refractivity contribution in [3.8, 4) is 0 Å². The molecule has 73 heavy (non-hydrogen) atoms. The molecule has 0 saturated heterocycles. The normalized spacial score (nSPS) is 15.9. The van der Waals surface area contributed by atoms with Gasteiger partial charge in [-0.05, 0) is 78.7 Å². The van der Waals surface area contributed by atoms with Gasteiger partial charge < -0.3 is 31.1 Å². The van der Waals surface area contributed by atoms with Gasteiger partial charge in [0.1, 0.15) is 16.4 Å². The number of H-pyrrole nitrogens is 1. The molecule has 5 heterocycles. The zero-order valence-electron chi connectivity index (χ0n) is 38.4. The maximum Gasteiger partial charge on any atom is 0.402 e. The van der Waals surface area contributed by atoms with Crippen molar-refractivity contribution >= 4 is 75.1 Å². The van der Waals surface area contributed by atoms with Crippen LogP contribution >= 0.6 is 0 Å². The molecule has 4 aliphatic rings. The number of halogens is 3. The summed E-state index contributed by atoms with van der Waals surface area (Å²) in [6.07, 6.45) is -5.92. The minimum Gasteiger partial charge on any atom is -0.478 e. The Morgan fingerprint density at radius 2 is 1.05 bits per heavy atom. The lowest BCUT2D eigenvalue weighted by Gasteiger charge is -2.34. The first-order valence-electron chi connectivity index (χ1n) is 22.4. The van der Waals surface area contributed by atoms with Gasteiger partial charge in [0.25, 0.3) is 11.8 Å². The molecule has 6 N–H and O–H groups in total. The van der Waals surface area contributed by atoms with E-state index in [-0.39, 0.29) is 22.9 Å². The number of carbonyl (C=O) groups excluding carboxylic acids is 2. The van der Waals surface area contributed by atoms with Crippen LogP contribution in [-0.2, 0) is 5.41 Å². The summed E-state index contributed by atoms with van der Waals surface area (Å²) in [5, 5.41) is 29.8. The van der Waals surface area contributed by atoms with Gasteiger partial charge in [0.05, 0.1) is 22.3 Å². The topological polar surface area (TPSA) is 247 Å². The van der Waals surface area contributed by atoms with Crippen LogP contribution in [0.5, 0.6) is 0 Å². The summed E-state index contributed by atoms with van der Waals surface area (Å²) in [7, 11) is 3.03. The van der Waals surface area contributed by atoms with Crippen LogP contribution < -0.4 is 26.9 Å². The monoisotopic (exact) mass is 979 g/mol. The van der Waals surface area contributed by atoms with Gasteiger partial charge in [0.2, 0.25) is 0 Å². The molecule has 0 spiro atoms. The zero-order valence-corrected chi connectivity index (χ0v) is 38.4. The van der Waals surface area contributed by atoms with Gasteiger partial charge in [0, 0.05) is 69.6 Å².